The van der Waals surface area contributed by atoms with Crippen LogP contribution in [0.3, 0.4) is 0 Å². The van der Waals surface area contributed by atoms with Crippen molar-refractivity contribution in [3.63, 3.8) is 0 Å². The molecule has 55 heavy (non-hydrogen) atoms. The summed E-state index contributed by atoms with van der Waals surface area (Å²) in [6.07, 6.45) is 2.83. The molecule has 262 valence electrons. The highest BCUT2D eigenvalue weighted by Gasteiger charge is 2.67. The number of hydrogen-bond donors (Lipinski definition) is 0. The first-order valence-electron chi connectivity index (χ1n) is 19.3. The van der Waals surface area contributed by atoms with Gasteiger partial charge in [0.05, 0.1) is 11.4 Å². The van der Waals surface area contributed by atoms with Crippen molar-refractivity contribution in [2.24, 2.45) is 23.7 Å². The Morgan fingerprint density at radius 3 is 1.25 bits per heavy atom. The van der Waals surface area contributed by atoms with Crippen molar-refractivity contribution in [2.45, 2.75) is 18.8 Å². The van der Waals surface area contributed by atoms with Gasteiger partial charge in [0.2, 0.25) is 0 Å². The van der Waals surface area contributed by atoms with Gasteiger partial charge < -0.3 is 0 Å². The standard InChI is InChI=1S/C50H37N5/c1-4-11-31(12-5-1)32-19-23-36(24-20-32)48-53-47(35-15-8-3-9-16-35)54-49(55-48)37-25-21-34(22-26-37)44-30-43(33-13-6-2-7-14-33)51-50(52-44)39-18-10-17-38(27-39)45-41-28-40-29-42(45)46(40)41/h1-27,30,40-42,45-46H,28-29H2. The van der Waals surface area contributed by atoms with Gasteiger partial charge in [0.15, 0.2) is 23.3 Å². The molecule has 0 N–H and O–H groups in total. The minimum Gasteiger partial charge on any atom is -0.228 e. The van der Waals surface area contributed by atoms with Gasteiger partial charge in [-0.2, -0.15) is 0 Å². The van der Waals surface area contributed by atoms with E-state index in [-0.39, 0.29) is 0 Å². The van der Waals surface area contributed by atoms with E-state index in [1.807, 2.05) is 42.5 Å². The molecule has 3 aliphatic carbocycles. The molecule has 0 aliphatic heterocycles. The molecule has 0 radical (unpaired) electrons. The number of benzene rings is 6. The summed E-state index contributed by atoms with van der Waals surface area (Å²) >= 11 is 0. The van der Waals surface area contributed by atoms with E-state index in [9.17, 15) is 0 Å². The van der Waals surface area contributed by atoms with Crippen molar-refractivity contribution in [2.75, 3.05) is 0 Å². The van der Waals surface area contributed by atoms with E-state index < -0.39 is 0 Å². The lowest BCUT2D eigenvalue weighted by Gasteiger charge is -2.73. The second-order valence-electron chi connectivity index (χ2n) is 15.3. The molecule has 8 aromatic rings. The maximum Gasteiger partial charge on any atom is 0.164 e. The zero-order valence-electron chi connectivity index (χ0n) is 30.2. The maximum atomic E-state index is 5.21. The SMILES string of the molecule is c1ccc(-c2ccc(-c3nc(-c4ccccc4)nc(-c4ccc(-c5cc(-c6ccccc6)nc(-c6cccc(C7C8CC9CC7C98)c6)n5)cc4)n3)cc2)cc1. The highest BCUT2D eigenvalue weighted by molar-refractivity contribution is 5.75. The average molecular weight is 708 g/mol. The lowest BCUT2D eigenvalue weighted by molar-refractivity contribution is -0.214. The van der Waals surface area contributed by atoms with Crippen LogP contribution < -0.4 is 0 Å². The molecule has 0 bridgehead atoms. The highest BCUT2D eigenvalue weighted by atomic mass is 15.0. The molecule has 5 nitrogen and oxygen atoms in total. The minimum atomic E-state index is 0.621. The van der Waals surface area contributed by atoms with Crippen molar-refractivity contribution < 1.29 is 0 Å². The minimum absolute atomic E-state index is 0.621. The van der Waals surface area contributed by atoms with Gasteiger partial charge in [-0.1, -0.05) is 158 Å². The predicted molar refractivity (Wildman–Crippen MR) is 219 cm³/mol. The number of hydrogen-bond acceptors (Lipinski definition) is 5. The van der Waals surface area contributed by atoms with Gasteiger partial charge in [-0.3, -0.25) is 0 Å². The molecule has 3 fully saturated rings. The molecule has 0 spiro atoms. The topological polar surface area (TPSA) is 64.5 Å². The summed E-state index contributed by atoms with van der Waals surface area (Å²) in [7, 11) is 0. The third-order valence-electron chi connectivity index (χ3n) is 12.3. The van der Waals surface area contributed by atoms with Crippen LogP contribution in [0.5, 0.6) is 0 Å². The van der Waals surface area contributed by atoms with E-state index in [0.717, 1.165) is 79.8 Å². The van der Waals surface area contributed by atoms with E-state index in [1.165, 1.54) is 24.0 Å². The maximum absolute atomic E-state index is 5.21. The van der Waals surface area contributed by atoms with Gasteiger partial charge in [-0.15, -0.1) is 0 Å². The molecule has 0 saturated heterocycles. The second kappa shape index (κ2) is 13.1. The van der Waals surface area contributed by atoms with Crippen molar-refractivity contribution in [1.82, 2.24) is 24.9 Å². The van der Waals surface area contributed by atoms with Crippen LogP contribution in [0.25, 0.3) is 79.2 Å². The summed E-state index contributed by atoms with van der Waals surface area (Å²) in [6.45, 7) is 0. The van der Waals surface area contributed by atoms with Crippen LogP contribution in [-0.4, -0.2) is 24.9 Å². The molecular formula is C50H37N5. The summed E-state index contributed by atoms with van der Waals surface area (Å²) in [5.41, 5.74) is 11.5. The Morgan fingerprint density at radius 1 is 0.327 bits per heavy atom. The monoisotopic (exact) mass is 707 g/mol. The van der Waals surface area contributed by atoms with E-state index in [1.54, 1.807) is 0 Å². The molecule has 2 heterocycles. The van der Waals surface area contributed by atoms with E-state index in [0.29, 0.717) is 23.4 Å². The van der Waals surface area contributed by atoms with Gasteiger partial charge in [0.25, 0.3) is 0 Å². The average Bonchev–Trinajstić information content (AvgIpc) is 3.27. The van der Waals surface area contributed by atoms with Gasteiger partial charge in [-0.05, 0) is 71.3 Å². The molecule has 0 amide bonds. The van der Waals surface area contributed by atoms with Gasteiger partial charge in [0, 0.05) is 33.4 Å². The molecule has 2 aromatic heterocycles. The van der Waals surface area contributed by atoms with Gasteiger partial charge >= 0.3 is 0 Å². The van der Waals surface area contributed by atoms with Crippen LogP contribution in [0.2, 0.25) is 0 Å². The first kappa shape index (κ1) is 31.9. The zero-order valence-corrected chi connectivity index (χ0v) is 30.2. The van der Waals surface area contributed by atoms with Crippen molar-refractivity contribution in [3.8, 4) is 79.2 Å². The fraction of sp³-hybridized carbons (Fsp3) is 0.140. The Balaban J connectivity index is 0.955. The van der Waals surface area contributed by atoms with Gasteiger partial charge in [0.1, 0.15) is 0 Å². The Bertz CT molecular complexity index is 2650. The summed E-state index contributed by atoms with van der Waals surface area (Å²) in [6, 6.07) is 58.9. The molecule has 2 atom stereocenters. The smallest absolute Gasteiger partial charge is 0.164 e. The summed E-state index contributed by atoms with van der Waals surface area (Å²) in [5, 5.41) is 0. The van der Waals surface area contributed by atoms with E-state index in [4.69, 9.17) is 24.9 Å². The van der Waals surface area contributed by atoms with Crippen LogP contribution in [0, 0.1) is 23.7 Å². The van der Waals surface area contributed by atoms with Crippen LogP contribution in [-0.2, 0) is 0 Å². The lowest BCUT2D eigenvalue weighted by atomic mass is 9.31. The molecule has 11 rings (SSSR count). The fourth-order valence-electron chi connectivity index (χ4n) is 9.44. The Kier molecular flexibility index (Phi) is 7.58. The molecule has 3 aliphatic rings. The largest absolute Gasteiger partial charge is 0.228 e. The van der Waals surface area contributed by atoms with Crippen molar-refractivity contribution in [3.05, 3.63) is 175 Å². The first-order valence-corrected chi connectivity index (χ1v) is 19.3. The van der Waals surface area contributed by atoms with Crippen LogP contribution in [0.15, 0.2) is 170 Å². The van der Waals surface area contributed by atoms with E-state index in [2.05, 4.69) is 127 Å². The number of aromatic nitrogens is 5. The Hall–Kier alpha value is -6.59. The Morgan fingerprint density at radius 2 is 0.727 bits per heavy atom. The molecule has 2 unspecified atom stereocenters. The predicted octanol–water partition coefficient (Wildman–Crippen LogP) is 11.7. The number of rotatable bonds is 8. The summed E-state index contributed by atoms with van der Waals surface area (Å²) < 4.78 is 0. The molecule has 3 saturated carbocycles. The third kappa shape index (κ3) is 5.66. The molecule has 6 aromatic carbocycles. The van der Waals surface area contributed by atoms with Gasteiger partial charge in [-0.25, -0.2) is 24.9 Å². The molecular weight excluding hydrogens is 671 g/mol. The lowest BCUT2D eigenvalue weighted by Crippen LogP contribution is -2.65. The van der Waals surface area contributed by atoms with Crippen LogP contribution in [0.1, 0.15) is 24.3 Å². The van der Waals surface area contributed by atoms with Crippen LogP contribution >= 0.6 is 0 Å². The summed E-state index contributed by atoms with van der Waals surface area (Å²) in [5.74, 6) is 7.13. The van der Waals surface area contributed by atoms with Crippen molar-refractivity contribution in [1.29, 1.82) is 0 Å². The van der Waals surface area contributed by atoms with Crippen molar-refractivity contribution >= 4 is 0 Å². The quantitative estimate of drug-likeness (QED) is 0.157. The normalized spacial score (nSPS) is 20.4. The first-order chi connectivity index (χ1) is 27.2. The van der Waals surface area contributed by atoms with Crippen LogP contribution in [0.4, 0.5) is 0 Å². The fourth-order valence-corrected chi connectivity index (χ4v) is 9.44. The zero-order chi connectivity index (χ0) is 36.3. The Labute approximate surface area is 320 Å². The van der Waals surface area contributed by atoms with E-state index >= 15 is 0 Å². The molecule has 5 heteroatoms. The highest BCUT2D eigenvalue weighted by Crippen LogP contribution is 2.75. The second-order valence-corrected chi connectivity index (χ2v) is 15.3. The third-order valence-corrected chi connectivity index (χ3v) is 12.3. The number of nitrogens with zero attached hydrogens (tertiary/aromatic N) is 5. The summed E-state index contributed by atoms with van der Waals surface area (Å²) in [4.78, 5) is 25.3.